The number of rotatable bonds is 5. The molecule has 1 atom stereocenters. The number of nitrogens with zero attached hydrogens (tertiary/aromatic N) is 2. The Kier molecular flexibility index (Phi) is 3.66. The molecule has 8 heteroatoms. The van der Waals surface area contributed by atoms with E-state index in [1.807, 2.05) is 4.72 Å². The smallest absolute Gasteiger partial charge is 0.321 e. The summed E-state index contributed by atoms with van der Waals surface area (Å²) in [5, 5.41) is 12.4. The third-order valence-corrected chi connectivity index (χ3v) is 3.52. The molecular weight excluding hydrogens is 234 g/mol. The molecule has 1 rings (SSSR count). The van der Waals surface area contributed by atoms with Gasteiger partial charge >= 0.3 is 5.97 Å². The molecule has 0 unspecified atom stereocenters. The van der Waals surface area contributed by atoms with Crippen LogP contribution in [-0.2, 0) is 21.4 Å². The van der Waals surface area contributed by atoms with Gasteiger partial charge < -0.3 is 5.11 Å². The minimum atomic E-state index is -3.83. The van der Waals surface area contributed by atoms with E-state index in [2.05, 4.69) is 5.10 Å². The van der Waals surface area contributed by atoms with Gasteiger partial charge in [0, 0.05) is 6.54 Å². The van der Waals surface area contributed by atoms with Crippen molar-refractivity contribution >= 4 is 16.0 Å². The number of aryl methyl sites for hydroxylation is 1. The number of aromatic nitrogens is 2. The number of carbonyl (C=O) groups is 1. The van der Waals surface area contributed by atoms with Gasteiger partial charge in [-0.25, -0.2) is 8.42 Å². The van der Waals surface area contributed by atoms with E-state index in [1.165, 1.54) is 23.9 Å². The second-order valence-electron chi connectivity index (χ2n) is 3.17. The number of hydrogen-bond donors (Lipinski definition) is 2. The van der Waals surface area contributed by atoms with Crippen LogP contribution in [0.25, 0.3) is 0 Å². The molecule has 90 valence electrons. The first-order valence-corrected chi connectivity index (χ1v) is 6.13. The van der Waals surface area contributed by atoms with E-state index < -0.39 is 22.0 Å². The van der Waals surface area contributed by atoms with Crippen molar-refractivity contribution in [2.45, 2.75) is 31.5 Å². The van der Waals surface area contributed by atoms with Crippen molar-refractivity contribution in [1.29, 1.82) is 0 Å². The Morgan fingerprint density at radius 3 is 2.81 bits per heavy atom. The molecule has 0 aliphatic carbocycles. The Labute approximate surface area is 93.1 Å². The van der Waals surface area contributed by atoms with Gasteiger partial charge in [0.1, 0.15) is 6.04 Å². The van der Waals surface area contributed by atoms with E-state index in [-0.39, 0.29) is 5.03 Å². The number of sulfonamides is 1. The second kappa shape index (κ2) is 4.62. The molecule has 2 N–H and O–H groups in total. The summed E-state index contributed by atoms with van der Waals surface area (Å²) < 4.78 is 26.8. The monoisotopic (exact) mass is 247 g/mol. The summed E-state index contributed by atoms with van der Waals surface area (Å²) >= 11 is 0. The third kappa shape index (κ3) is 2.58. The van der Waals surface area contributed by atoms with Crippen molar-refractivity contribution in [3.8, 4) is 0 Å². The molecule has 0 saturated carbocycles. The van der Waals surface area contributed by atoms with Crippen molar-refractivity contribution in [2.75, 3.05) is 0 Å². The molecule has 16 heavy (non-hydrogen) atoms. The molecule has 1 heterocycles. The Bertz CT molecular complexity index is 479. The first-order valence-electron chi connectivity index (χ1n) is 4.65. The lowest BCUT2D eigenvalue weighted by atomic mass is 10.4. The molecule has 1 aromatic heterocycles. The van der Waals surface area contributed by atoms with Crippen molar-refractivity contribution in [3.05, 3.63) is 12.3 Å². The van der Waals surface area contributed by atoms with Crippen LogP contribution in [-0.4, -0.2) is 35.3 Å². The molecular formula is C8H13N3O4S. The van der Waals surface area contributed by atoms with Crippen molar-refractivity contribution in [1.82, 2.24) is 14.5 Å². The van der Waals surface area contributed by atoms with Gasteiger partial charge in [0.05, 0.1) is 6.20 Å². The highest BCUT2D eigenvalue weighted by Crippen LogP contribution is 2.08. The molecule has 0 fully saturated rings. The van der Waals surface area contributed by atoms with Crippen LogP contribution in [0.2, 0.25) is 0 Å². The largest absolute Gasteiger partial charge is 0.480 e. The molecule has 0 radical (unpaired) electrons. The highest BCUT2D eigenvalue weighted by molar-refractivity contribution is 7.89. The van der Waals surface area contributed by atoms with Crippen LogP contribution in [0.3, 0.4) is 0 Å². The fraction of sp³-hybridized carbons (Fsp3) is 0.500. The number of aliphatic carboxylic acids is 1. The first-order chi connectivity index (χ1) is 7.38. The zero-order chi connectivity index (χ0) is 12.3. The summed E-state index contributed by atoms with van der Waals surface area (Å²) in [5.74, 6) is -1.23. The van der Waals surface area contributed by atoms with E-state index in [1.54, 1.807) is 6.92 Å². The summed E-state index contributed by atoms with van der Waals surface area (Å²) in [6, 6.07) is 0.144. The fourth-order valence-corrected chi connectivity index (χ4v) is 2.51. The molecule has 0 aromatic carbocycles. The van der Waals surface area contributed by atoms with Crippen LogP contribution in [0.5, 0.6) is 0 Å². The lowest BCUT2D eigenvalue weighted by Crippen LogP contribution is -2.39. The maximum atomic E-state index is 11.8. The predicted molar refractivity (Wildman–Crippen MR) is 55.3 cm³/mol. The maximum absolute atomic E-state index is 11.8. The number of hydrogen-bond acceptors (Lipinski definition) is 4. The van der Waals surface area contributed by atoms with Gasteiger partial charge in [0.25, 0.3) is 10.0 Å². The van der Waals surface area contributed by atoms with Crippen LogP contribution in [0.4, 0.5) is 0 Å². The molecule has 0 saturated heterocycles. The van der Waals surface area contributed by atoms with Crippen LogP contribution in [0.1, 0.15) is 13.8 Å². The van der Waals surface area contributed by atoms with Crippen LogP contribution >= 0.6 is 0 Å². The molecule has 0 spiro atoms. The SMILES string of the molecule is CCn1nccc1S(=O)(=O)N[C@@H](C)C(=O)O. The van der Waals surface area contributed by atoms with Gasteiger partial charge in [0.15, 0.2) is 5.03 Å². The number of carboxylic acids is 1. The Morgan fingerprint density at radius 1 is 1.69 bits per heavy atom. The topological polar surface area (TPSA) is 101 Å². The molecule has 1 aromatic rings. The summed E-state index contributed by atoms with van der Waals surface area (Å²) in [6.07, 6.45) is 1.35. The Morgan fingerprint density at radius 2 is 2.31 bits per heavy atom. The minimum Gasteiger partial charge on any atom is -0.480 e. The van der Waals surface area contributed by atoms with Gasteiger partial charge in [-0.15, -0.1) is 0 Å². The zero-order valence-corrected chi connectivity index (χ0v) is 9.73. The van der Waals surface area contributed by atoms with Crippen molar-refractivity contribution in [2.24, 2.45) is 0 Å². The molecule has 0 bridgehead atoms. The lowest BCUT2D eigenvalue weighted by molar-refractivity contribution is -0.138. The van der Waals surface area contributed by atoms with Gasteiger partial charge in [-0.1, -0.05) is 0 Å². The summed E-state index contributed by atoms with van der Waals surface area (Å²) in [6.45, 7) is 3.39. The highest BCUT2D eigenvalue weighted by atomic mass is 32.2. The predicted octanol–water partition coefficient (Wildman–Crippen LogP) is -0.346. The minimum absolute atomic E-state index is 0.0388. The van der Waals surface area contributed by atoms with E-state index in [0.717, 1.165) is 0 Å². The second-order valence-corrected chi connectivity index (χ2v) is 4.83. The van der Waals surface area contributed by atoms with Crippen LogP contribution in [0.15, 0.2) is 17.3 Å². The van der Waals surface area contributed by atoms with Crippen LogP contribution in [0, 0.1) is 0 Å². The Balaban J connectivity index is 2.99. The van der Waals surface area contributed by atoms with E-state index in [9.17, 15) is 13.2 Å². The average Bonchev–Trinajstić information content (AvgIpc) is 2.64. The first kappa shape index (κ1) is 12.7. The van der Waals surface area contributed by atoms with E-state index >= 15 is 0 Å². The highest BCUT2D eigenvalue weighted by Gasteiger charge is 2.24. The van der Waals surface area contributed by atoms with Crippen LogP contribution < -0.4 is 4.72 Å². The van der Waals surface area contributed by atoms with Gasteiger partial charge in [-0.3, -0.25) is 9.48 Å². The quantitative estimate of drug-likeness (QED) is 0.740. The maximum Gasteiger partial charge on any atom is 0.321 e. The van der Waals surface area contributed by atoms with E-state index in [0.29, 0.717) is 6.54 Å². The standard InChI is InChI=1S/C8H13N3O4S/c1-3-11-7(4-5-9-11)16(14,15)10-6(2)8(12)13/h4-6,10H,3H2,1-2H3,(H,12,13)/t6-/m0/s1. The molecule has 0 aliphatic heterocycles. The summed E-state index contributed by atoms with van der Waals surface area (Å²) in [5.41, 5.74) is 0. The molecule has 0 aliphatic rings. The Hall–Kier alpha value is -1.41. The zero-order valence-electron chi connectivity index (χ0n) is 8.91. The lowest BCUT2D eigenvalue weighted by Gasteiger charge is -2.10. The number of nitrogens with one attached hydrogen (secondary N) is 1. The summed E-state index contributed by atoms with van der Waals surface area (Å²) in [4.78, 5) is 10.6. The number of carboxylic acid groups (broad SMARTS) is 1. The van der Waals surface area contributed by atoms with Crippen molar-refractivity contribution in [3.63, 3.8) is 0 Å². The van der Waals surface area contributed by atoms with Gasteiger partial charge in [-0.2, -0.15) is 9.82 Å². The summed E-state index contributed by atoms with van der Waals surface area (Å²) in [7, 11) is -3.83. The van der Waals surface area contributed by atoms with Gasteiger partial charge in [-0.05, 0) is 19.9 Å². The van der Waals surface area contributed by atoms with Gasteiger partial charge in [0.2, 0.25) is 0 Å². The average molecular weight is 247 g/mol. The fourth-order valence-electron chi connectivity index (χ4n) is 1.13. The molecule has 7 nitrogen and oxygen atoms in total. The normalized spacial score (nSPS) is 13.6. The third-order valence-electron chi connectivity index (χ3n) is 1.95. The molecule has 0 amide bonds. The van der Waals surface area contributed by atoms with Crippen molar-refractivity contribution < 1.29 is 18.3 Å². The van der Waals surface area contributed by atoms with E-state index in [4.69, 9.17) is 5.11 Å².